The Kier molecular flexibility index (Phi) is 8.89. The Labute approximate surface area is 229 Å². The van der Waals surface area contributed by atoms with E-state index in [0.29, 0.717) is 44.9 Å². The summed E-state index contributed by atoms with van der Waals surface area (Å²) >= 11 is 8.19. The number of rotatable bonds is 6. The average molecular weight is 559 g/mol. The molecule has 10 unspecified atom stereocenters. The summed E-state index contributed by atoms with van der Waals surface area (Å²) in [5, 5.41) is 19.2. The maximum atomic E-state index is 13.6. The number of likely N-dealkylation sites (tertiary alicyclic amines) is 1. The second kappa shape index (κ2) is 11.8. The minimum atomic E-state index is -0.377. The van der Waals surface area contributed by atoms with Crippen molar-refractivity contribution in [1.29, 1.82) is 0 Å². The Hall–Kier alpha value is -0.700. The van der Waals surface area contributed by atoms with E-state index in [-0.39, 0.29) is 64.1 Å². The summed E-state index contributed by atoms with van der Waals surface area (Å²) < 4.78 is 5.80. The number of halogens is 1. The third-order valence-electron chi connectivity index (χ3n) is 8.67. The Balaban J connectivity index is 1.15. The molecule has 5 aliphatic rings. The number of nitrogens with one attached hydrogen (secondary N) is 6. The second-order valence-corrected chi connectivity index (χ2v) is 13.3. The minimum Gasteiger partial charge on any atom is -0.380 e. The number of hydrogen-bond acceptors (Lipinski definition) is 10. The fourth-order valence-corrected chi connectivity index (χ4v) is 8.25. The van der Waals surface area contributed by atoms with Gasteiger partial charge in [-0.2, -0.15) is 0 Å². The molecule has 0 radical (unpaired) electrons. The first-order valence-corrected chi connectivity index (χ1v) is 15.0. The van der Waals surface area contributed by atoms with Gasteiger partial charge in [-0.15, -0.1) is 23.4 Å². The first kappa shape index (κ1) is 27.9. The number of hydrogen-bond donors (Lipinski definition) is 6. The van der Waals surface area contributed by atoms with Crippen molar-refractivity contribution >= 4 is 35.2 Å². The van der Waals surface area contributed by atoms with Gasteiger partial charge in [-0.25, -0.2) is 10.4 Å². The lowest BCUT2D eigenvalue weighted by Gasteiger charge is -2.45. The molecule has 13 heteroatoms. The van der Waals surface area contributed by atoms with E-state index in [9.17, 15) is 9.59 Å². The molecule has 0 aromatic carbocycles. The van der Waals surface area contributed by atoms with Gasteiger partial charge in [0.1, 0.15) is 5.50 Å². The lowest BCUT2D eigenvalue weighted by Crippen LogP contribution is -2.57. The zero-order chi connectivity index (χ0) is 26.3. The molecule has 0 aliphatic carbocycles. The number of methoxy groups -OCH3 is 1. The maximum Gasteiger partial charge on any atom is 0.255 e. The molecule has 11 nitrogen and oxygen atoms in total. The van der Waals surface area contributed by atoms with E-state index in [1.807, 2.05) is 9.91 Å². The van der Waals surface area contributed by atoms with E-state index in [4.69, 9.17) is 16.3 Å². The third-order valence-corrected chi connectivity index (χ3v) is 10.4. The van der Waals surface area contributed by atoms with Crippen LogP contribution in [0, 0.1) is 17.8 Å². The standard InChI is InChI=1S/C24H43ClN8O3S/c1-12(2)33-11-28-21(31-33)23(35)32-9-17-19(10-32)37-24(29-17)30-22(34)16-7-26-13(3)5-14(16)15-6-20(25)27-8-18(15)36-4/h12-21,24,26-29,31H,5-11H2,1-4H3,(H,30,34). The Bertz CT molecular complexity index is 828. The van der Waals surface area contributed by atoms with Gasteiger partial charge in [-0.3, -0.25) is 25.5 Å². The average Bonchev–Trinajstić information content (AvgIpc) is 3.59. The van der Waals surface area contributed by atoms with E-state index < -0.39 is 0 Å². The van der Waals surface area contributed by atoms with Crippen LogP contribution in [0.2, 0.25) is 0 Å². The highest BCUT2D eigenvalue weighted by Crippen LogP contribution is 2.38. The van der Waals surface area contributed by atoms with Gasteiger partial charge < -0.3 is 20.3 Å². The SMILES string of the molecule is COC1CNC(Cl)CC1C1CC(C)NCC1C(=O)NC1NC2CN(C(=O)C3NCN(C(C)C)N3)CC2S1. The van der Waals surface area contributed by atoms with Crippen molar-refractivity contribution in [3.63, 3.8) is 0 Å². The zero-order valence-corrected chi connectivity index (χ0v) is 23.8. The first-order valence-electron chi connectivity index (χ1n) is 13.6. The van der Waals surface area contributed by atoms with Gasteiger partial charge >= 0.3 is 0 Å². The van der Waals surface area contributed by atoms with Crippen LogP contribution < -0.4 is 32.0 Å². The number of alkyl halides is 1. The van der Waals surface area contributed by atoms with Crippen molar-refractivity contribution in [3.8, 4) is 0 Å². The van der Waals surface area contributed by atoms with Gasteiger partial charge in [-0.1, -0.05) is 0 Å². The van der Waals surface area contributed by atoms with Crippen molar-refractivity contribution in [3.05, 3.63) is 0 Å². The number of carbonyl (C=O) groups is 2. The fourth-order valence-electron chi connectivity index (χ4n) is 6.55. The van der Waals surface area contributed by atoms with Crippen molar-refractivity contribution in [2.45, 2.75) is 80.3 Å². The smallest absolute Gasteiger partial charge is 0.255 e. The summed E-state index contributed by atoms with van der Waals surface area (Å²) in [5.74, 6) is 0.472. The van der Waals surface area contributed by atoms with E-state index in [1.54, 1.807) is 18.9 Å². The normalized spacial score (nSPS) is 42.8. The van der Waals surface area contributed by atoms with Crippen LogP contribution in [0.5, 0.6) is 0 Å². The molecule has 0 aromatic heterocycles. The molecular formula is C24H43ClN8O3S. The van der Waals surface area contributed by atoms with Crippen LogP contribution in [-0.2, 0) is 14.3 Å². The largest absolute Gasteiger partial charge is 0.380 e. The van der Waals surface area contributed by atoms with Gasteiger partial charge in [0.15, 0.2) is 6.17 Å². The van der Waals surface area contributed by atoms with Crippen molar-refractivity contribution in [2.24, 2.45) is 17.8 Å². The third kappa shape index (κ3) is 6.07. The van der Waals surface area contributed by atoms with E-state index >= 15 is 0 Å². The van der Waals surface area contributed by atoms with Crippen LogP contribution in [-0.4, -0.2) is 108 Å². The number of hydrazine groups is 1. The maximum absolute atomic E-state index is 13.6. The molecule has 5 aliphatic heterocycles. The van der Waals surface area contributed by atoms with Gasteiger partial charge in [0.2, 0.25) is 5.91 Å². The van der Waals surface area contributed by atoms with Gasteiger partial charge in [0, 0.05) is 56.7 Å². The molecule has 5 heterocycles. The lowest BCUT2D eigenvalue weighted by molar-refractivity contribution is -0.133. The molecule has 5 fully saturated rings. The van der Waals surface area contributed by atoms with Gasteiger partial charge in [0.05, 0.1) is 24.2 Å². The van der Waals surface area contributed by atoms with E-state index in [0.717, 1.165) is 12.8 Å². The van der Waals surface area contributed by atoms with E-state index in [1.165, 1.54) is 0 Å². The van der Waals surface area contributed by atoms with Crippen molar-refractivity contribution in [1.82, 2.24) is 41.9 Å². The molecule has 0 spiro atoms. The molecule has 2 amide bonds. The summed E-state index contributed by atoms with van der Waals surface area (Å²) in [6.45, 7) is 9.73. The number of nitrogens with zero attached hydrogens (tertiary/aromatic N) is 2. The van der Waals surface area contributed by atoms with Crippen LogP contribution in [0.15, 0.2) is 0 Å². The highest BCUT2D eigenvalue weighted by Gasteiger charge is 2.47. The number of piperidine rings is 2. The predicted octanol–water partition coefficient (Wildman–Crippen LogP) is -0.793. The summed E-state index contributed by atoms with van der Waals surface area (Å²) in [6, 6.07) is 0.841. The summed E-state index contributed by atoms with van der Waals surface area (Å²) in [4.78, 5) is 28.5. The summed E-state index contributed by atoms with van der Waals surface area (Å²) in [5.41, 5.74) is 3.03. The number of thioether (sulfide) groups is 1. The van der Waals surface area contributed by atoms with Crippen LogP contribution in [0.3, 0.4) is 0 Å². The minimum absolute atomic E-state index is 0.0546. The Morgan fingerprint density at radius 3 is 2.62 bits per heavy atom. The van der Waals surface area contributed by atoms with Gasteiger partial charge in [0.25, 0.3) is 5.91 Å². The van der Waals surface area contributed by atoms with E-state index in [2.05, 4.69) is 52.8 Å². The number of ether oxygens (including phenoxy) is 1. The topological polar surface area (TPSA) is 122 Å². The Morgan fingerprint density at radius 2 is 1.92 bits per heavy atom. The molecular weight excluding hydrogens is 516 g/mol. The number of carbonyl (C=O) groups excluding carboxylic acids is 2. The molecule has 0 aromatic rings. The van der Waals surface area contributed by atoms with Crippen LogP contribution >= 0.6 is 23.4 Å². The number of amides is 2. The first-order chi connectivity index (χ1) is 17.7. The molecule has 0 saturated carbocycles. The monoisotopic (exact) mass is 558 g/mol. The second-order valence-electron chi connectivity index (χ2n) is 11.4. The number of fused-ring (bicyclic) bond motifs is 1. The fraction of sp³-hybridized carbons (Fsp3) is 0.917. The van der Waals surface area contributed by atoms with Crippen molar-refractivity contribution < 1.29 is 14.3 Å². The molecule has 5 saturated heterocycles. The van der Waals surface area contributed by atoms with Gasteiger partial charge in [-0.05, 0) is 45.4 Å². The van der Waals surface area contributed by atoms with Crippen LogP contribution in [0.4, 0.5) is 0 Å². The molecule has 6 N–H and O–H groups in total. The summed E-state index contributed by atoms with van der Waals surface area (Å²) in [6.07, 6.45) is 1.40. The zero-order valence-electron chi connectivity index (χ0n) is 22.2. The molecule has 5 rings (SSSR count). The molecule has 0 bridgehead atoms. The quantitative estimate of drug-likeness (QED) is 0.183. The summed E-state index contributed by atoms with van der Waals surface area (Å²) in [7, 11) is 1.75. The van der Waals surface area contributed by atoms with Crippen LogP contribution in [0.1, 0.15) is 33.6 Å². The lowest BCUT2D eigenvalue weighted by atomic mass is 9.70. The predicted molar refractivity (Wildman–Crippen MR) is 144 cm³/mol. The molecule has 37 heavy (non-hydrogen) atoms. The molecule has 210 valence electrons. The van der Waals surface area contributed by atoms with Crippen molar-refractivity contribution in [2.75, 3.05) is 40.0 Å². The highest BCUT2D eigenvalue weighted by atomic mass is 35.5. The molecule has 10 atom stereocenters. The highest BCUT2D eigenvalue weighted by molar-refractivity contribution is 8.00. The Morgan fingerprint density at radius 1 is 1.11 bits per heavy atom. The van der Waals surface area contributed by atoms with Crippen LogP contribution in [0.25, 0.3) is 0 Å².